The maximum atomic E-state index is 12.8. The summed E-state index contributed by atoms with van der Waals surface area (Å²) in [5, 5.41) is 0. The van der Waals surface area contributed by atoms with E-state index in [4.69, 9.17) is 0 Å². The number of benzene rings is 2. The second-order valence-electron chi connectivity index (χ2n) is 6.00. The standard InChI is InChI=1S/C20H12F6O2S/c1-28-18(27)16-10-15(11-2-6-13(7-3-11)19(21,22)23)17(29-16)12-4-8-14(9-5-12)20(24,25)26/h2-10H,1H3. The van der Waals surface area contributed by atoms with Gasteiger partial charge in [0.05, 0.1) is 18.2 Å². The number of hydrogen-bond donors (Lipinski definition) is 0. The minimum Gasteiger partial charge on any atom is -0.465 e. The molecule has 0 amide bonds. The molecule has 0 aliphatic rings. The van der Waals surface area contributed by atoms with Crippen LogP contribution < -0.4 is 0 Å². The van der Waals surface area contributed by atoms with E-state index in [0.717, 1.165) is 35.6 Å². The van der Waals surface area contributed by atoms with Gasteiger partial charge in [0.1, 0.15) is 4.88 Å². The van der Waals surface area contributed by atoms with Crippen LogP contribution in [-0.2, 0) is 17.1 Å². The number of ether oxygens (including phenoxy) is 1. The summed E-state index contributed by atoms with van der Waals surface area (Å²) in [6.07, 6.45) is -9.00. The first-order valence-electron chi connectivity index (χ1n) is 8.08. The van der Waals surface area contributed by atoms with Crippen molar-refractivity contribution in [1.29, 1.82) is 0 Å². The molecule has 3 rings (SSSR count). The van der Waals surface area contributed by atoms with E-state index in [0.29, 0.717) is 21.6 Å². The SMILES string of the molecule is COC(=O)c1cc(-c2ccc(C(F)(F)F)cc2)c(-c2ccc(C(F)(F)F)cc2)s1. The minimum atomic E-state index is -4.50. The Labute approximate surface area is 165 Å². The molecule has 152 valence electrons. The summed E-state index contributed by atoms with van der Waals surface area (Å²) in [6, 6.07) is 10.1. The van der Waals surface area contributed by atoms with Gasteiger partial charge in [0, 0.05) is 10.4 Å². The van der Waals surface area contributed by atoms with Gasteiger partial charge in [-0.1, -0.05) is 24.3 Å². The van der Waals surface area contributed by atoms with E-state index in [1.165, 1.54) is 37.4 Å². The fraction of sp³-hybridized carbons (Fsp3) is 0.150. The molecule has 0 aliphatic heterocycles. The molecular weight excluding hydrogens is 418 g/mol. The third-order valence-corrected chi connectivity index (χ3v) is 5.28. The van der Waals surface area contributed by atoms with Crippen molar-refractivity contribution < 1.29 is 35.9 Å². The zero-order valence-electron chi connectivity index (χ0n) is 14.7. The number of rotatable bonds is 3. The average molecular weight is 430 g/mol. The Balaban J connectivity index is 2.09. The summed E-state index contributed by atoms with van der Waals surface area (Å²) in [6.45, 7) is 0. The van der Waals surface area contributed by atoms with Crippen LogP contribution in [0.25, 0.3) is 21.6 Å². The van der Waals surface area contributed by atoms with E-state index < -0.39 is 29.4 Å². The Morgan fingerprint density at radius 3 is 1.66 bits per heavy atom. The van der Waals surface area contributed by atoms with Gasteiger partial charge in [-0.15, -0.1) is 11.3 Å². The first-order valence-corrected chi connectivity index (χ1v) is 8.90. The van der Waals surface area contributed by atoms with Gasteiger partial charge in [-0.25, -0.2) is 4.79 Å². The Morgan fingerprint density at radius 1 is 0.793 bits per heavy atom. The number of carbonyl (C=O) groups excluding carboxylic acids is 1. The highest BCUT2D eigenvalue weighted by atomic mass is 32.1. The third kappa shape index (κ3) is 4.45. The molecule has 0 aliphatic carbocycles. The molecule has 0 unspecified atom stereocenters. The van der Waals surface area contributed by atoms with Crippen molar-refractivity contribution in [2.24, 2.45) is 0 Å². The predicted molar refractivity (Wildman–Crippen MR) is 96.5 cm³/mol. The Hall–Kier alpha value is -2.81. The fourth-order valence-corrected chi connectivity index (χ4v) is 3.77. The minimum absolute atomic E-state index is 0.178. The van der Waals surface area contributed by atoms with Crippen molar-refractivity contribution >= 4 is 17.3 Å². The number of hydrogen-bond acceptors (Lipinski definition) is 3. The van der Waals surface area contributed by atoms with Crippen LogP contribution in [0.4, 0.5) is 26.3 Å². The Morgan fingerprint density at radius 2 is 1.24 bits per heavy atom. The molecule has 29 heavy (non-hydrogen) atoms. The van der Waals surface area contributed by atoms with Crippen LogP contribution in [0.2, 0.25) is 0 Å². The second-order valence-corrected chi connectivity index (χ2v) is 7.05. The van der Waals surface area contributed by atoms with Gasteiger partial charge in [0.15, 0.2) is 0 Å². The molecule has 3 aromatic rings. The topological polar surface area (TPSA) is 26.3 Å². The quantitative estimate of drug-likeness (QED) is 0.334. The Kier molecular flexibility index (Phi) is 5.44. The molecule has 1 heterocycles. The highest BCUT2D eigenvalue weighted by Gasteiger charge is 2.31. The molecule has 2 aromatic carbocycles. The molecule has 2 nitrogen and oxygen atoms in total. The molecule has 0 bridgehead atoms. The monoisotopic (exact) mass is 430 g/mol. The lowest BCUT2D eigenvalue weighted by atomic mass is 10.00. The largest absolute Gasteiger partial charge is 0.465 e. The van der Waals surface area contributed by atoms with Gasteiger partial charge in [-0.2, -0.15) is 26.3 Å². The van der Waals surface area contributed by atoms with E-state index in [-0.39, 0.29) is 4.88 Å². The number of methoxy groups -OCH3 is 1. The number of alkyl halides is 6. The van der Waals surface area contributed by atoms with Crippen LogP contribution in [0.1, 0.15) is 20.8 Å². The molecule has 9 heteroatoms. The van der Waals surface area contributed by atoms with Crippen LogP contribution in [0.3, 0.4) is 0 Å². The van der Waals surface area contributed by atoms with Crippen molar-refractivity contribution in [3.05, 3.63) is 70.6 Å². The lowest BCUT2D eigenvalue weighted by Crippen LogP contribution is -2.04. The molecule has 0 radical (unpaired) electrons. The second kappa shape index (κ2) is 7.55. The molecule has 0 fully saturated rings. The highest BCUT2D eigenvalue weighted by molar-refractivity contribution is 7.18. The van der Waals surface area contributed by atoms with Crippen LogP contribution in [0.5, 0.6) is 0 Å². The summed E-state index contributed by atoms with van der Waals surface area (Å²) in [7, 11) is 1.18. The molecule has 1 aromatic heterocycles. The lowest BCUT2D eigenvalue weighted by Gasteiger charge is -2.10. The highest BCUT2D eigenvalue weighted by Crippen LogP contribution is 2.41. The van der Waals surface area contributed by atoms with Gasteiger partial charge in [-0.05, 0) is 41.5 Å². The summed E-state index contributed by atoms with van der Waals surface area (Å²) in [5.74, 6) is -0.652. The number of esters is 1. The number of carbonyl (C=O) groups is 1. The van der Waals surface area contributed by atoms with Crippen LogP contribution in [0, 0.1) is 0 Å². The summed E-state index contributed by atoms with van der Waals surface area (Å²) < 4.78 is 81.5. The van der Waals surface area contributed by atoms with Gasteiger partial charge in [-0.3, -0.25) is 0 Å². The first kappa shape index (κ1) is 20.9. The third-order valence-electron chi connectivity index (χ3n) is 4.12. The zero-order valence-corrected chi connectivity index (χ0v) is 15.5. The van der Waals surface area contributed by atoms with E-state index in [1.54, 1.807) is 0 Å². The maximum Gasteiger partial charge on any atom is 0.416 e. The van der Waals surface area contributed by atoms with Crippen LogP contribution in [-0.4, -0.2) is 13.1 Å². The molecule has 0 spiro atoms. The molecule has 0 N–H and O–H groups in total. The lowest BCUT2D eigenvalue weighted by molar-refractivity contribution is -0.138. The van der Waals surface area contributed by atoms with Crippen molar-refractivity contribution in [2.75, 3.05) is 7.11 Å². The first-order chi connectivity index (χ1) is 13.5. The Bertz CT molecular complexity index is 940. The van der Waals surface area contributed by atoms with Crippen molar-refractivity contribution in [3.8, 4) is 21.6 Å². The van der Waals surface area contributed by atoms with Crippen LogP contribution >= 0.6 is 11.3 Å². The zero-order chi connectivity index (χ0) is 21.4. The molecule has 0 atom stereocenters. The summed E-state index contributed by atoms with van der Waals surface area (Å²) >= 11 is 0.985. The smallest absolute Gasteiger partial charge is 0.416 e. The van der Waals surface area contributed by atoms with Crippen molar-refractivity contribution in [2.45, 2.75) is 12.4 Å². The fourth-order valence-electron chi connectivity index (χ4n) is 2.67. The number of halogens is 6. The van der Waals surface area contributed by atoms with Crippen molar-refractivity contribution in [3.63, 3.8) is 0 Å². The number of thiophene rings is 1. The van der Waals surface area contributed by atoms with Gasteiger partial charge < -0.3 is 4.74 Å². The van der Waals surface area contributed by atoms with Gasteiger partial charge in [0.25, 0.3) is 0 Å². The van der Waals surface area contributed by atoms with E-state index >= 15 is 0 Å². The molecular formula is C20H12F6O2S. The van der Waals surface area contributed by atoms with Crippen LogP contribution in [0.15, 0.2) is 54.6 Å². The van der Waals surface area contributed by atoms with Gasteiger partial charge >= 0.3 is 18.3 Å². The van der Waals surface area contributed by atoms with E-state index in [1.807, 2.05) is 0 Å². The van der Waals surface area contributed by atoms with E-state index in [9.17, 15) is 31.1 Å². The summed E-state index contributed by atoms with van der Waals surface area (Å²) in [4.78, 5) is 12.5. The van der Waals surface area contributed by atoms with Gasteiger partial charge in [0.2, 0.25) is 0 Å². The predicted octanol–water partition coefficient (Wildman–Crippen LogP) is 6.91. The van der Waals surface area contributed by atoms with E-state index in [2.05, 4.69) is 4.74 Å². The maximum absolute atomic E-state index is 12.8. The van der Waals surface area contributed by atoms with Crippen molar-refractivity contribution in [1.82, 2.24) is 0 Å². The summed E-state index contributed by atoms with van der Waals surface area (Å²) in [5.41, 5.74) is -0.459. The average Bonchev–Trinajstić information content (AvgIpc) is 3.11. The molecule has 0 saturated carbocycles. The normalized spacial score (nSPS) is 12.1. The molecule has 0 saturated heterocycles.